The fourth-order valence-electron chi connectivity index (χ4n) is 3.30. The lowest BCUT2D eigenvalue weighted by Gasteiger charge is -2.25. The van der Waals surface area contributed by atoms with Crippen molar-refractivity contribution in [3.8, 4) is 0 Å². The molecule has 3 heteroatoms. The predicted molar refractivity (Wildman–Crippen MR) is 94.6 cm³/mol. The van der Waals surface area contributed by atoms with Gasteiger partial charge in [-0.25, -0.2) is 0 Å². The van der Waals surface area contributed by atoms with Gasteiger partial charge in [0.25, 0.3) is 0 Å². The van der Waals surface area contributed by atoms with Gasteiger partial charge < -0.3 is 10.6 Å². The van der Waals surface area contributed by atoms with Crippen LogP contribution in [0.1, 0.15) is 42.4 Å². The van der Waals surface area contributed by atoms with Crippen LogP contribution in [0, 0.1) is 0 Å². The van der Waals surface area contributed by atoms with Crippen LogP contribution in [0.25, 0.3) is 0 Å². The fraction of sp³-hybridized carbons (Fsp3) is 0.350. The average molecular weight is 308 g/mol. The van der Waals surface area contributed by atoms with Crippen molar-refractivity contribution in [1.82, 2.24) is 5.32 Å². The van der Waals surface area contributed by atoms with Crippen LogP contribution in [-0.4, -0.2) is 12.5 Å². The van der Waals surface area contributed by atoms with Gasteiger partial charge in [-0.15, -0.1) is 0 Å². The number of para-hydroxylation sites is 1. The first-order chi connectivity index (χ1) is 11.3. The molecule has 0 radical (unpaired) electrons. The molecule has 0 saturated heterocycles. The standard InChI is InChI=1S/C20H24N2O/c1-2-21-14-16-9-4-6-13-19(16)22-20(23)18-12-7-10-15-8-3-5-11-17(15)18/h3-6,8-9,11,13,18,21H,2,7,10,12,14H2,1H3,(H,22,23). The number of rotatable bonds is 5. The SMILES string of the molecule is CCNCc1ccccc1NC(=O)C1CCCc2ccccc21. The molecule has 1 aliphatic rings. The zero-order valence-corrected chi connectivity index (χ0v) is 13.6. The Bertz CT molecular complexity index is 681. The largest absolute Gasteiger partial charge is 0.325 e. The van der Waals surface area contributed by atoms with Crippen LogP contribution >= 0.6 is 0 Å². The van der Waals surface area contributed by atoms with E-state index in [1.165, 1.54) is 11.1 Å². The second-order valence-corrected chi connectivity index (χ2v) is 6.07. The molecule has 0 bridgehead atoms. The minimum atomic E-state index is -0.0351. The van der Waals surface area contributed by atoms with Crippen molar-refractivity contribution < 1.29 is 4.79 Å². The van der Waals surface area contributed by atoms with Crippen LogP contribution in [0.5, 0.6) is 0 Å². The van der Waals surface area contributed by atoms with Gasteiger partial charge in [0.1, 0.15) is 0 Å². The van der Waals surface area contributed by atoms with Gasteiger partial charge in [-0.05, 0) is 48.6 Å². The van der Waals surface area contributed by atoms with Crippen molar-refractivity contribution in [2.75, 3.05) is 11.9 Å². The number of fused-ring (bicyclic) bond motifs is 1. The van der Waals surface area contributed by atoms with Crippen LogP contribution < -0.4 is 10.6 Å². The van der Waals surface area contributed by atoms with Crippen LogP contribution in [0.4, 0.5) is 5.69 Å². The summed E-state index contributed by atoms with van der Waals surface area (Å²) >= 11 is 0. The molecule has 1 unspecified atom stereocenters. The van der Waals surface area contributed by atoms with Gasteiger partial charge in [0.2, 0.25) is 5.91 Å². The maximum absolute atomic E-state index is 12.8. The van der Waals surface area contributed by atoms with Crippen LogP contribution in [0.3, 0.4) is 0 Å². The highest BCUT2D eigenvalue weighted by molar-refractivity contribution is 5.96. The third kappa shape index (κ3) is 3.62. The molecule has 3 nitrogen and oxygen atoms in total. The van der Waals surface area contributed by atoms with Crippen LogP contribution in [0.2, 0.25) is 0 Å². The Kier molecular flexibility index (Phi) is 5.09. The molecule has 0 fully saturated rings. The summed E-state index contributed by atoms with van der Waals surface area (Å²) in [4.78, 5) is 12.8. The van der Waals surface area contributed by atoms with E-state index in [1.807, 2.05) is 24.3 Å². The van der Waals surface area contributed by atoms with Crippen molar-refractivity contribution in [1.29, 1.82) is 0 Å². The van der Waals surface area contributed by atoms with Crippen LogP contribution in [0.15, 0.2) is 48.5 Å². The van der Waals surface area contributed by atoms with Gasteiger partial charge >= 0.3 is 0 Å². The number of nitrogens with one attached hydrogen (secondary N) is 2. The summed E-state index contributed by atoms with van der Waals surface area (Å²) < 4.78 is 0. The Morgan fingerprint density at radius 1 is 1.13 bits per heavy atom. The van der Waals surface area contributed by atoms with E-state index in [9.17, 15) is 4.79 Å². The number of amides is 1. The Hall–Kier alpha value is -2.13. The predicted octanol–water partition coefficient (Wildman–Crippen LogP) is 3.85. The maximum Gasteiger partial charge on any atom is 0.231 e. The zero-order valence-electron chi connectivity index (χ0n) is 13.6. The number of carbonyl (C=O) groups is 1. The highest BCUT2D eigenvalue weighted by atomic mass is 16.1. The molecule has 0 spiro atoms. The van der Waals surface area contributed by atoms with E-state index >= 15 is 0 Å². The number of benzene rings is 2. The topological polar surface area (TPSA) is 41.1 Å². The van der Waals surface area contributed by atoms with Crippen molar-refractivity contribution in [2.45, 2.75) is 38.6 Å². The molecule has 120 valence electrons. The maximum atomic E-state index is 12.8. The molecular weight excluding hydrogens is 284 g/mol. The van der Waals surface area contributed by atoms with Crippen molar-refractivity contribution in [2.24, 2.45) is 0 Å². The van der Waals surface area contributed by atoms with E-state index in [-0.39, 0.29) is 11.8 Å². The summed E-state index contributed by atoms with van der Waals surface area (Å²) in [7, 11) is 0. The molecule has 1 aliphatic carbocycles. The van der Waals surface area contributed by atoms with Gasteiger partial charge in [0.15, 0.2) is 0 Å². The first kappa shape index (κ1) is 15.8. The quantitative estimate of drug-likeness (QED) is 0.881. The summed E-state index contributed by atoms with van der Waals surface area (Å²) in [6.07, 6.45) is 3.09. The highest BCUT2D eigenvalue weighted by Gasteiger charge is 2.26. The van der Waals surface area contributed by atoms with Gasteiger partial charge in [-0.1, -0.05) is 49.4 Å². The normalized spacial score (nSPS) is 16.7. The van der Waals surface area contributed by atoms with E-state index in [0.717, 1.165) is 43.6 Å². The van der Waals surface area contributed by atoms with E-state index in [0.29, 0.717) is 0 Å². The van der Waals surface area contributed by atoms with Crippen LogP contribution in [-0.2, 0) is 17.8 Å². The monoisotopic (exact) mass is 308 g/mol. The summed E-state index contributed by atoms with van der Waals surface area (Å²) in [5, 5.41) is 6.47. The van der Waals surface area contributed by atoms with E-state index in [2.05, 4.69) is 41.8 Å². The number of anilines is 1. The molecule has 2 N–H and O–H groups in total. The third-order valence-electron chi connectivity index (χ3n) is 4.53. The molecule has 2 aromatic carbocycles. The highest BCUT2D eigenvalue weighted by Crippen LogP contribution is 2.32. The van der Waals surface area contributed by atoms with Gasteiger partial charge in [-0.3, -0.25) is 4.79 Å². The Morgan fingerprint density at radius 2 is 1.91 bits per heavy atom. The average Bonchev–Trinajstić information content (AvgIpc) is 2.60. The summed E-state index contributed by atoms with van der Waals surface area (Å²) in [5.74, 6) is 0.0771. The van der Waals surface area contributed by atoms with E-state index < -0.39 is 0 Å². The summed E-state index contributed by atoms with van der Waals surface area (Å²) in [6, 6.07) is 16.4. The Labute approximate surface area is 138 Å². The van der Waals surface area contributed by atoms with Gasteiger partial charge in [-0.2, -0.15) is 0 Å². The molecule has 0 heterocycles. The van der Waals surface area contributed by atoms with Crippen molar-refractivity contribution >= 4 is 11.6 Å². The number of aryl methyl sites for hydroxylation is 1. The van der Waals surface area contributed by atoms with E-state index in [1.54, 1.807) is 0 Å². The molecule has 23 heavy (non-hydrogen) atoms. The second kappa shape index (κ2) is 7.42. The Morgan fingerprint density at radius 3 is 2.78 bits per heavy atom. The van der Waals surface area contributed by atoms with Gasteiger partial charge in [0, 0.05) is 12.2 Å². The van der Waals surface area contributed by atoms with E-state index in [4.69, 9.17) is 0 Å². The minimum Gasteiger partial charge on any atom is -0.325 e. The molecule has 3 rings (SSSR count). The minimum absolute atomic E-state index is 0.0351. The lowest BCUT2D eigenvalue weighted by atomic mass is 9.82. The van der Waals surface area contributed by atoms with Gasteiger partial charge in [0.05, 0.1) is 5.92 Å². The first-order valence-electron chi connectivity index (χ1n) is 8.47. The lowest BCUT2D eigenvalue weighted by molar-refractivity contribution is -0.117. The smallest absolute Gasteiger partial charge is 0.231 e. The number of hydrogen-bond donors (Lipinski definition) is 2. The summed E-state index contributed by atoms with van der Waals surface area (Å²) in [5.41, 5.74) is 4.56. The number of carbonyl (C=O) groups excluding carboxylic acids is 1. The lowest BCUT2D eigenvalue weighted by Crippen LogP contribution is -2.25. The molecular formula is C20H24N2O. The molecule has 0 aliphatic heterocycles. The fourth-order valence-corrected chi connectivity index (χ4v) is 3.30. The van der Waals surface area contributed by atoms with Crippen molar-refractivity contribution in [3.05, 3.63) is 65.2 Å². The summed E-state index contributed by atoms with van der Waals surface area (Å²) in [6.45, 7) is 3.77. The molecule has 0 saturated carbocycles. The number of hydrogen-bond acceptors (Lipinski definition) is 2. The zero-order chi connectivity index (χ0) is 16.1. The van der Waals surface area contributed by atoms with Crippen molar-refractivity contribution in [3.63, 3.8) is 0 Å². The molecule has 1 amide bonds. The first-order valence-corrected chi connectivity index (χ1v) is 8.47. The second-order valence-electron chi connectivity index (χ2n) is 6.07. The Balaban J connectivity index is 1.78. The molecule has 1 atom stereocenters. The molecule has 2 aromatic rings. The molecule has 0 aromatic heterocycles. The third-order valence-corrected chi connectivity index (χ3v) is 4.53.